The first-order chi connectivity index (χ1) is 12.3. The van der Waals surface area contributed by atoms with Gasteiger partial charge < -0.3 is 10.8 Å². The molecule has 4 heteroatoms. The van der Waals surface area contributed by atoms with Gasteiger partial charge >= 0.3 is 0 Å². The zero-order valence-electron chi connectivity index (χ0n) is 15.4. The lowest BCUT2D eigenvalue weighted by Crippen LogP contribution is -2.47. The van der Waals surface area contributed by atoms with Gasteiger partial charge in [0.2, 0.25) is 0 Å². The molecular weight excluding hydrogens is 349 g/mol. The van der Waals surface area contributed by atoms with Crippen LogP contribution in [0.1, 0.15) is 54.0 Å². The van der Waals surface area contributed by atoms with Crippen molar-refractivity contribution in [1.29, 1.82) is 0 Å². The highest BCUT2D eigenvalue weighted by Gasteiger charge is 2.43. The zero-order valence-corrected chi connectivity index (χ0v) is 16.2. The first-order valence-corrected chi connectivity index (χ1v) is 9.68. The summed E-state index contributed by atoms with van der Waals surface area (Å²) in [6.45, 7) is 4.14. The van der Waals surface area contributed by atoms with Crippen molar-refractivity contribution in [3.8, 4) is 0 Å². The SMILES string of the molecule is Cc1cccc(C(N)C2CCCCC2(O)Cc2c(F)cccc2Cl)c1C. The highest BCUT2D eigenvalue weighted by molar-refractivity contribution is 6.31. The van der Waals surface area contributed by atoms with Crippen molar-refractivity contribution in [2.45, 2.75) is 57.6 Å². The number of hydrogen-bond donors (Lipinski definition) is 2. The van der Waals surface area contributed by atoms with E-state index in [1.807, 2.05) is 12.1 Å². The number of halogens is 2. The Morgan fingerprint density at radius 3 is 2.69 bits per heavy atom. The van der Waals surface area contributed by atoms with Crippen LogP contribution in [0.5, 0.6) is 0 Å². The molecule has 1 aliphatic carbocycles. The minimum atomic E-state index is -1.06. The maximum Gasteiger partial charge on any atom is 0.127 e. The smallest absolute Gasteiger partial charge is 0.127 e. The Bertz CT molecular complexity index is 773. The first kappa shape index (κ1) is 19.3. The summed E-state index contributed by atoms with van der Waals surface area (Å²) in [5.74, 6) is -0.497. The molecule has 0 aliphatic heterocycles. The summed E-state index contributed by atoms with van der Waals surface area (Å²) in [5, 5.41) is 11.9. The monoisotopic (exact) mass is 375 g/mol. The molecule has 0 heterocycles. The van der Waals surface area contributed by atoms with Gasteiger partial charge in [-0.05, 0) is 55.5 Å². The minimum absolute atomic E-state index is 0.132. The average Bonchev–Trinajstić information content (AvgIpc) is 2.60. The second-order valence-electron chi connectivity index (χ2n) is 7.65. The van der Waals surface area contributed by atoms with Crippen molar-refractivity contribution in [3.05, 3.63) is 69.5 Å². The molecule has 2 nitrogen and oxygen atoms in total. The second kappa shape index (κ2) is 7.67. The van der Waals surface area contributed by atoms with E-state index in [0.29, 0.717) is 17.0 Å². The lowest BCUT2D eigenvalue weighted by molar-refractivity contribution is -0.0584. The van der Waals surface area contributed by atoms with Gasteiger partial charge in [0.05, 0.1) is 5.60 Å². The molecule has 2 aromatic carbocycles. The van der Waals surface area contributed by atoms with Crippen LogP contribution in [-0.4, -0.2) is 10.7 Å². The van der Waals surface area contributed by atoms with Gasteiger partial charge in [-0.2, -0.15) is 0 Å². The van der Waals surface area contributed by atoms with E-state index in [1.54, 1.807) is 12.1 Å². The Morgan fingerprint density at radius 1 is 1.23 bits per heavy atom. The topological polar surface area (TPSA) is 46.2 Å². The van der Waals surface area contributed by atoms with Crippen molar-refractivity contribution >= 4 is 11.6 Å². The molecule has 3 rings (SSSR count). The third-order valence-corrected chi connectivity index (χ3v) is 6.40. The van der Waals surface area contributed by atoms with E-state index in [2.05, 4.69) is 19.9 Å². The predicted octanol–water partition coefficient (Wildman–Crippen LogP) is 5.26. The predicted molar refractivity (Wildman–Crippen MR) is 105 cm³/mol. The van der Waals surface area contributed by atoms with Gasteiger partial charge in [0, 0.05) is 29.0 Å². The fourth-order valence-electron chi connectivity index (χ4n) is 4.34. The number of aryl methyl sites for hydroxylation is 1. The van der Waals surface area contributed by atoms with Gasteiger partial charge in [0.1, 0.15) is 5.82 Å². The molecule has 0 amide bonds. The molecule has 0 saturated heterocycles. The third-order valence-electron chi connectivity index (χ3n) is 6.05. The quantitative estimate of drug-likeness (QED) is 0.765. The molecule has 140 valence electrons. The molecule has 3 unspecified atom stereocenters. The summed E-state index contributed by atoms with van der Waals surface area (Å²) >= 11 is 6.22. The molecule has 0 bridgehead atoms. The van der Waals surface area contributed by atoms with Crippen LogP contribution in [0.2, 0.25) is 5.02 Å². The average molecular weight is 376 g/mol. The highest BCUT2D eigenvalue weighted by atomic mass is 35.5. The Balaban J connectivity index is 1.95. The van der Waals surface area contributed by atoms with Gasteiger partial charge in [0.15, 0.2) is 0 Å². The molecule has 0 spiro atoms. The third kappa shape index (κ3) is 3.66. The molecule has 1 saturated carbocycles. The summed E-state index contributed by atoms with van der Waals surface area (Å²) in [5.41, 5.74) is 9.41. The summed E-state index contributed by atoms with van der Waals surface area (Å²) < 4.78 is 14.3. The molecule has 0 aromatic heterocycles. The maximum atomic E-state index is 14.3. The maximum absolute atomic E-state index is 14.3. The van der Waals surface area contributed by atoms with Crippen molar-refractivity contribution < 1.29 is 9.50 Å². The minimum Gasteiger partial charge on any atom is -0.389 e. The van der Waals surface area contributed by atoms with E-state index in [1.165, 1.54) is 11.6 Å². The van der Waals surface area contributed by atoms with Gasteiger partial charge in [0.25, 0.3) is 0 Å². The molecule has 3 N–H and O–H groups in total. The fraction of sp³-hybridized carbons (Fsp3) is 0.455. The summed E-state index contributed by atoms with van der Waals surface area (Å²) in [4.78, 5) is 0. The van der Waals surface area contributed by atoms with Crippen LogP contribution < -0.4 is 5.73 Å². The van der Waals surface area contributed by atoms with Crippen LogP contribution in [0, 0.1) is 25.6 Å². The van der Waals surface area contributed by atoms with Crippen LogP contribution in [0.4, 0.5) is 4.39 Å². The number of hydrogen-bond acceptors (Lipinski definition) is 2. The van der Waals surface area contributed by atoms with E-state index in [4.69, 9.17) is 17.3 Å². The van der Waals surface area contributed by atoms with Gasteiger partial charge in [-0.1, -0.05) is 48.7 Å². The van der Waals surface area contributed by atoms with Crippen LogP contribution in [0.25, 0.3) is 0 Å². The summed E-state index contributed by atoms with van der Waals surface area (Å²) in [6, 6.07) is 10.5. The Morgan fingerprint density at radius 2 is 1.96 bits per heavy atom. The molecule has 2 aromatic rings. The molecule has 0 radical (unpaired) electrons. The van der Waals surface area contributed by atoms with E-state index in [-0.39, 0.29) is 24.2 Å². The Labute approximate surface area is 160 Å². The largest absolute Gasteiger partial charge is 0.389 e. The molecule has 1 aliphatic rings. The standard InChI is InChI=1S/C22H27ClFNO/c1-14-7-5-8-16(15(14)2)21(25)18-9-3-4-12-22(18,26)13-17-19(23)10-6-11-20(17)24/h5-8,10-11,18,21,26H,3-4,9,12-13,25H2,1-2H3. The molecule has 1 fully saturated rings. The van der Waals surface area contributed by atoms with Crippen molar-refractivity contribution in [2.75, 3.05) is 0 Å². The molecule has 3 atom stereocenters. The molecule has 26 heavy (non-hydrogen) atoms. The molecular formula is C22H27ClFNO. The van der Waals surface area contributed by atoms with Crippen LogP contribution in [0.15, 0.2) is 36.4 Å². The number of nitrogens with two attached hydrogens (primary N) is 1. The van der Waals surface area contributed by atoms with Gasteiger partial charge in [-0.3, -0.25) is 0 Å². The Kier molecular flexibility index (Phi) is 5.71. The summed E-state index contributed by atoms with van der Waals surface area (Å²) in [6.07, 6.45) is 3.58. The van der Waals surface area contributed by atoms with Gasteiger partial charge in [-0.25, -0.2) is 4.39 Å². The van der Waals surface area contributed by atoms with Crippen molar-refractivity contribution in [3.63, 3.8) is 0 Å². The van der Waals surface area contributed by atoms with E-state index >= 15 is 0 Å². The van der Waals surface area contributed by atoms with Crippen LogP contribution in [-0.2, 0) is 6.42 Å². The Hall–Kier alpha value is -1.42. The van der Waals surface area contributed by atoms with Crippen LogP contribution >= 0.6 is 11.6 Å². The van der Waals surface area contributed by atoms with Gasteiger partial charge in [-0.15, -0.1) is 0 Å². The normalized spacial score (nSPS) is 24.5. The highest BCUT2D eigenvalue weighted by Crippen LogP contribution is 2.44. The fourth-order valence-corrected chi connectivity index (χ4v) is 4.57. The zero-order chi connectivity index (χ0) is 18.9. The number of benzene rings is 2. The van der Waals surface area contributed by atoms with Crippen LogP contribution in [0.3, 0.4) is 0 Å². The van der Waals surface area contributed by atoms with E-state index < -0.39 is 5.60 Å². The van der Waals surface area contributed by atoms with E-state index in [9.17, 15) is 9.50 Å². The van der Waals surface area contributed by atoms with E-state index in [0.717, 1.165) is 30.4 Å². The number of aliphatic hydroxyl groups is 1. The summed E-state index contributed by atoms with van der Waals surface area (Å²) in [7, 11) is 0. The second-order valence-corrected chi connectivity index (χ2v) is 8.05. The lowest BCUT2D eigenvalue weighted by atomic mass is 9.67. The lowest BCUT2D eigenvalue weighted by Gasteiger charge is -2.44. The van der Waals surface area contributed by atoms with Crippen molar-refractivity contribution in [2.24, 2.45) is 11.7 Å². The van der Waals surface area contributed by atoms with Crippen molar-refractivity contribution in [1.82, 2.24) is 0 Å². The first-order valence-electron chi connectivity index (χ1n) is 9.30. The number of rotatable bonds is 4.